The van der Waals surface area contributed by atoms with Crippen LogP contribution in [0.1, 0.15) is 66.7 Å². The van der Waals surface area contributed by atoms with Crippen LogP contribution in [0.3, 0.4) is 0 Å². The lowest BCUT2D eigenvalue weighted by atomic mass is 9.90. The van der Waals surface area contributed by atoms with Crippen molar-refractivity contribution in [2.75, 3.05) is 13.4 Å². The van der Waals surface area contributed by atoms with Crippen LogP contribution in [0.4, 0.5) is 0 Å². The van der Waals surface area contributed by atoms with Crippen molar-refractivity contribution in [1.82, 2.24) is 0 Å². The minimum atomic E-state index is -0.377. The Morgan fingerprint density at radius 1 is 1.14 bits per heavy atom. The topological polar surface area (TPSA) is 44.8 Å². The Bertz CT molecular complexity index is 304. The largest absolute Gasteiger partial charge is 0.462 e. The smallest absolute Gasteiger partial charge is 0.311 e. The van der Waals surface area contributed by atoms with Crippen molar-refractivity contribution < 1.29 is 19.0 Å². The molecular weight excluding hydrogens is 268 g/mol. The summed E-state index contributed by atoms with van der Waals surface area (Å²) in [6.45, 7) is 11.2. The van der Waals surface area contributed by atoms with Crippen LogP contribution in [0, 0.1) is 11.3 Å². The molecular formula is C17H32O4. The summed E-state index contributed by atoms with van der Waals surface area (Å²) in [4.78, 5) is 12.0. The number of hydrogen-bond acceptors (Lipinski definition) is 4. The van der Waals surface area contributed by atoms with Gasteiger partial charge in [-0.1, -0.05) is 20.8 Å². The van der Waals surface area contributed by atoms with Crippen LogP contribution in [0.15, 0.2) is 0 Å². The van der Waals surface area contributed by atoms with Crippen LogP contribution in [-0.4, -0.2) is 31.6 Å². The van der Waals surface area contributed by atoms with Crippen molar-refractivity contribution in [3.8, 4) is 0 Å². The molecule has 0 atom stereocenters. The molecule has 1 fully saturated rings. The Morgan fingerprint density at radius 2 is 1.71 bits per heavy atom. The molecule has 0 bridgehead atoms. The number of carbonyl (C=O) groups excluding carboxylic acids is 1. The SMILES string of the molecule is CCC(C)(C)C(=O)OC1CCC(OCOCC(C)C)CC1. The molecule has 124 valence electrons. The molecule has 1 rings (SSSR count). The van der Waals surface area contributed by atoms with Gasteiger partial charge in [-0.2, -0.15) is 0 Å². The highest BCUT2D eigenvalue weighted by molar-refractivity contribution is 5.75. The number of ether oxygens (including phenoxy) is 3. The van der Waals surface area contributed by atoms with E-state index in [0.717, 1.165) is 38.7 Å². The molecule has 0 N–H and O–H groups in total. The van der Waals surface area contributed by atoms with Crippen molar-refractivity contribution in [2.45, 2.75) is 78.9 Å². The lowest BCUT2D eigenvalue weighted by Crippen LogP contribution is -2.33. The standard InChI is InChI=1S/C17H32O4/c1-6-17(4,5)16(18)21-15-9-7-14(8-10-15)20-12-19-11-13(2)3/h13-15H,6-12H2,1-5H3. The van der Waals surface area contributed by atoms with Gasteiger partial charge in [0.1, 0.15) is 12.9 Å². The van der Waals surface area contributed by atoms with Crippen LogP contribution < -0.4 is 0 Å². The molecule has 21 heavy (non-hydrogen) atoms. The van der Waals surface area contributed by atoms with Crippen LogP contribution in [0.25, 0.3) is 0 Å². The molecule has 0 aromatic heterocycles. The molecule has 0 saturated heterocycles. The molecule has 1 aliphatic rings. The summed E-state index contributed by atoms with van der Waals surface area (Å²) >= 11 is 0. The van der Waals surface area contributed by atoms with Gasteiger partial charge in [-0.25, -0.2) is 0 Å². The van der Waals surface area contributed by atoms with E-state index in [1.807, 2.05) is 20.8 Å². The highest BCUT2D eigenvalue weighted by Crippen LogP contribution is 2.28. The van der Waals surface area contributed by atoms with Gasteiger partial charge in [0.05, 0.1) is 18.1 Å². The van der Waals surface area contributed by atoms with Gasteiger partial charge >= 0.3 is 5.97 Å². The Morgan fingerprint density at radius 3 is 2.24 bits per heavy atom. The second-order valence-corrected chi connectivity index (χ2v) is 7.09. The van der Waals surface area contributed by atoms with E-state index in [0.29, 0.717) is 12.7 Å². The molecule has 4 nitrogen and oxygen atoms in total. The molecule has 0 aromatic carbocycles. The number of esters is 1. The maximum Gasteiger partial charge on any atom is 0.311 e. The van der Waals surface area contributed by atoms with Crippen molar-refractivity contribution >= 4 is 5.97 Å². The number of rotatable bonds is 8. The first-order valence-electron chi connectivity index (χ1n) is 8.25. The fourth-order valence-corrected chi connectivity index (χ4v) is 2.20. The first kappa shape index (κ1) is 18.4. The third kappa shape index (κ3) is 6.79. The molecule has 0 amide bonds. The monoisotopic (exact) mass is 300 g/mol. The first-order valence-corrected chi connectivity index (χ1v) is 8.25. The zero-order chi connectivity index (χ0) is 15.9. The maximum absolute atomic E-state index is 12.0. The summed E-state index contributed by atoms with van der Waals surface area (Å²) in [5, 5.41) is 0. The van der Waals surface area contributed by atoms with E-state index in [-0.39, 0.29) is 23.6 Å². The van der Waals surface area contributed by atoms with Crippen molar-refractivity contribution in [3.05, 3.63) is 0 Å². The zero-order valence-electron chi connectivity index (χ0n) is 14.3. The van der Waals surface area contributed by atoms with E-state index in [1.54, 1.807) is 0 Å². The van der Waals surface area contributed by atoms with Crippen molar-refractivity contribution in [1.29, 1.82) is 0 Å². The molecule has 4 heteroatoms. The van der Waals surface area contributed by atoms with Gasteiger partial charge < -0.3 is 14.2 Å². The molecule has 0 radical (unpaired) electrons. The third-order valence-electron chi connectivity index (χ3n) is 4.17. The Labute approximate surface area is 129 Å². The molecule has 1 aliphatic carbocycles. The van der Waals surface area contributed by atoms with Crippen LogP contribution in [0.2, 0.25) is 0 Å². The van der Waals surface area contributed by atoms with E-state index < -0.39 is 0 Å². The molecule has 0 spiro atoms. The summed E-state index contributed by atoms with van der Waals surface area (Å²) in [7, 11) is 0. The normalized spacial score (nSPS) is 23.3. The van der Waals surface area contributed by atoms with E-state index in [1.165, 1.54) is 0 Å². The van der Waals surface area contributed by atoms with E-state index in [4.69, 9.17) is 14.2 Å². The summed E-state index contributed by atoms with van der Waals surface area (Å²) < 4.78 is 16.8. The van der Waals surface area contributed by atoms with Gasteiger partial charge in [-0.3, -0.25) is 4.79 Å². The van der Waals surface area contributed by atoms with Gasteiger partial charge in [0.2, 0.25) is 0 Å². The summed E-state index contributed by atoms with van der Waals surface area (Å²) in [6, 6.07) is 0. The van der Waals surface area contributed by atoms with Gasteiger partial charge in [-0.15, -0.1) is 0 Å². The third-order valence-corrected chi connectivity index (χ3v) is 4.17. The van der Waals surface area contributed by atoms with E-state index in [9.17, 15) is 4.79 Å². The predicted molar refractivity (Wildman–Crippen MR) is 83.0 cm³/mol. The highest BCUT2D eigenvalue weighted by Gasteiger charge is 2.31. The molecule has 0 heterocycles. The minimum Gasteiger partial charge on any atom is -0.462 e. The van der Waals surface area contributed by atoms with Crippen molar-refractivity contribution in [2.24, 2.45) is 11.3 Å². The summed E-state index contributed by atoms with van der Waals surface area (Å²) in [6.07, 6.45) is 4.76. The van der Waals surface area contributed by atoms with Gasteiger partial charge in [0.15, 0.2) is 0 Å². The minimum absolute atomic E-state index is 0.0553. The average Bonchev–Trinajstić information content (AvgIpc) is 2.45. The van der Waals surface area contributed by atoms with Crippen molar-refractivity contribution in [3.63, 3.8) is 0 Å². The van der Waals surface area contributed by atoms with E-state index in [2.05, 4.69) is 13.8 Å². The quantitative estimate of drug-likeness (QED) is 0.387. The van der Waals surface area contributed by atoms with Crippen LogP contribution >= 0.6 is 0 Å². The number of carbonyl (C=O) groups is 1. The molecule has 0 aromatic rings. The second-order valence-electron chi connectivity index (χ2n) is 7.09. The lowest BCUT2D eigenvalue weighted by Gasteiger charge is -2.31. The zero-order valence-corrected chi connectivity index (χ0v) is 14.3. The van der Waals surface area contributed by atoms with Gasteiger partial charge in [0.25, 0.3) is 0 Å². The Balaban J connectivity index is 2.19. The van der Waals surface area contributed by atoms with E-state index >= 15 is 0 Å². The van der Waals surface area contributed by atoms with Gasteiger partial charge in [0, 0.05) is 0 Å². The Hall–Kier alpha value is -0.610. The fourth-order valence-electron chi connectivity index (χ4n) is 2.20. The second kappa shape index (κ2) is 8.74. The lowest BCUT2D eigenvalue weighted by molar-refractivity contribution is -0.164. The van der Waals surface area contributed by atoms with Crippen LogP contribution in [0.5, 0.6) is 0 Å². The predicted octanol–water partition coefficient (Wildman–Crippen LogP) is 3.92. The average molecular weight is 300 g/mol. The fraction of sp³-hybridized carbons (Fsp3) is 0.941. The first-order chi connectivity index (χ1) is 9.85. The van der Waals surface area contributed by atoms with Gasteiger partial charge in [-0.05, 0) is 51.9 Å². The van der Waals surface area contributed by atoms with Crippen LogP contribution in [-0.2, 0) is 19.0 Å². The Kier molecular flexibility index (Phi) is 7.67. The molecule has 1 saturated carbocycles. The number of hydrogen-bond donors (Lipinski definition) is 0. The summed E-state index contributed by atoms with van der Waals surface area (Å²) in [5.41, 5.74) is -0.377. The molecule has 0 aliphatic heterocycles. The molecule has 0 unspecified atom stereocenters. The highest BCUT2D eigenvalue weighted by atomic mass is 16.7. The summed E-state index contributed by atoms with van der Waals surface area (Å²) in [5.74, 6) is 0.459. The maximum atomic E-state index is 12.0.